The Labute approximate surface area is 155 Å². The number of amides is 1. The number of hydrogen-bond donors (Lipinski definition) is 2. The average Bonchev–Trinajstić information content (AvgIpc) is 2.54. The number of nitrogens with one attached hydrogen (secondary N) is 1. The van der Waals surface area contributed by atoms with E-state index < -0.39 is 35.0 Å². The lowest BCUT2D eigenvalue weighted by Crippen LogP contribution is -2.43. The van der Waals surface area contributed by atoms with Crippen molar-refractivity contribution in [1.29, 1.82) is 0 Å². The van der Waals surface area contributed by atoms with Gasteiger partial charge in [0.15, 0.2) is 0 Å². The van der Waals surface area contributed by atoms with Gasteiger partial charge in [-0.3, -0.25) is 9.59 Å². The summed E-state index contributed by atoms with van der Waals surface area (Å²) in [6.45, 7) is 0.310. The molecule has 0 aromatic heterocycles. The van der Waals surface area contributed by atoms with Crippen LogP contribution in [0, 0.1) is 6.92 Å². The highest BCUT2D eigenvalue weighted by Crippen LogP contribution is 2.31. The van der Waals surface area contributed by atoms with Gasteiger partial charge in [-0.15, -0.1) is 0 Å². The molecule has 0 aliphatic heterocycles. The number of carbonyl (C=O) groups excluding carboxylic acids is 1. The highest BCUT2D eigenvalue weighted by atomic mass is 35.5. The molecular formula is C14H18Cl2N2O6S. The maximum absolute atomic E-state index is 12.8. The summed E-state index contributed by atoms with van der Waals surface area (Å²) in [5.41, 5.74) is 0.395. The molecule has 0 heterocycles. The molecule has 0 aliphatic carbocycles. The van der Waals surface area contributed by atoms with Gasteiger partial charge in [0.25, 0.3) is 0 Å². The van der Waals surface area contributed by atoms with Crippen molar-refractivity contribution in [2.24, 2.45) is 0 Å². The Morgan fingerprint density at radius 3 is 2.52 bits per heavy atom. The summed E-state index contributed by atoms with van der Waals surface area (Å²) in [5, 5.41) is 11.0. The number of carbonyl (C=O) groups is 2. The molecule has 0 spiro atoms. The Balaban J connectivity index is 3.14. The summed E-state index contributed by atoms with van der Waals surface area (Å²) in [6, 6.07) is 2.65. The number of rotatable bonds is 9. The Kier molecular flexibility index (Phi) is 8.10. The molecule has 140 valence electrons. The molecule has 1 amide bonds. The summed E-state index contributed by atoms with van der Waals surface area (Å²) in [5.74, 6) is -2.00. The molecule has 8 nitrogen and oxygen atoms in total. The van der Waals surface area contributed by atoms with Crippen molar-refractivity contribution in [3.8, 4) is 0 Å². The lowest BCUT2D eigenvalue weighted by Gasteiger charge is -2.22. The quantitative estimate of drug-likeness (QED) is 0.628. The minimum Gasteiger partial charge on any atom is -0.480 e. The molecule has 0 aliphatic rings. The third kappa shape index (κ3) is 5.82. The normalized spacial score (nSPS) is 11.6. The summed E-state index contributed by atoms with van der Waals surface area (Å²) in [4.78, 5) is 22.1. The molecule has 0 fully saturated rings. The first-order valence-corrected chi connectivity index (χ1v) is 9.23. The van der Waals surface area contributed by atoms with Crippen LogP contribution in [0.5, 0.6) is 0 Å². The molecule has 1 aromatic carbocycles. The van der Waals surface area contributed by atoms with Crippen molar-refractivity contribution < 1.29 is 27.9 Å². The van der Waals surface area contributed by atoms with Crippen LogP contribution in [0.1, 0.15) is 5.56 Å². The van der Waals surface area contributed by atoms with E-state index in [1.165, 1.54) is 19.2 Å². The highest BCUT2D eigenvalue weighted by Gasteiger charge is 2.29. The number of nitrogens with zero attached hydrogens (tertiary/aromatic N) is 1. The monoisotopic (exact) mass is 412 g/mol. The maximum Gasteiger partial charge on any atom is 0.322 e. The number of hydrogen-bond acceptors (Lipinski definition) is 5. The summed E-state index contributed by atoms with van der Waals surface area (Å²) >= 11 is 12.0. The van der Waals surface area contributed by atoms with Gasteiger partial charge in [-0.25, -0.2) is 8.42 Å². The van der Waals surface area contributed by atoms with Crippen LogP contribution in [0.25, 0.3) is 0 Å². The van der Waals surface area contributed by atoms with Crippen LogP contribution in [0.4, 0.5) is 0 Å². The van der Waals surface area contributed by atoms with Gasteiger partial charge < -0.3 is 15.2 Å². The Morgan fingerprint density at radius 2 is 1.96 bits per heavy atom. The first kappa shape index (κ1) is 21.7. The first-order chi connectivity index (χ1) is 11.6. The van der Waals surface area contributed by atoms with E-state index in [1.54, 1.807) is 6.92 Å². The van der Waals surface area contributed by atoms with E-state index >= 15 is 0 Å². The molecular weight excluding hydrogens is 395 g/mol. The number of carboxylic acids is 1. The number of halogens is 2. The standard InChI is InChI=1S/C14H18Cl2N2O6S/c1-9-10(15)3-4-11(14(9)16)25(22,23)18(5-6-24-2)8-12(19)17-7-13(20)21/h3-4H,5-8H2,1-2H3,(H,17,19)(H,20,21). The van der Waals surface area contributed by atoms with Crippen LogP contribution >= 0.6 is 23.2 Å². The molecule has 0 saturated carbocycles. The van der Waals surface area contributed by atoms with Crippen LogP contribution in [-0.2, 0) is 24.3 Å². The van der Waals surface area contributed by atoms with Gasteiger partial charge in [-0.2, -0.15) is 4.31 Å². The molecule has 0 unspecified atom stereocenters. The highest BCUT2D eigenvalue weighted by molar-refractivity contribution is 7.89. The second-order valence-electron chi connectivity index (χ2n) is 4.99. The second kappa shape index (κ2) is 9.35. The van der Waals surface area contributed by atoms with Crippen LogP contribution in [0.15, 0.2) is 17.0 Å². The van der Waals surface area contributed by atoms with Crippen molar-refractivity contribution in [1.82, 2.24) is 9.62 Å². The second-order valence-corrected chi connectivity index (χ2v) is 7.68. The van der Waals surface area contributed by atoms with Gasteiger partial charge in [0.2, 0.25) is 15.9 Å². The van der Waals surface area contributed by atoms with E-state index in [1.807, 2.05) is 0 Å². The zero-order valence-corrected chi connectivity index (χ0v) is 15.9. The Hall–Kier alpha value is -1.39. The van der Waals surface area contributed by atoms with Crippen LogP contribution in [0.2, 0.25) is 10.0 Å². The van der Waals surface area contributed by atoms with E-state index in [0.717, 1.165) is 4.31 Å². The zero-order valence-electron chi connectivity index (χ0n) is 13.6. The van der Waals surface area contributed by atoms with Gasteiger partial charge >= 0.3 is 5.97 Å². The number of ether oxygens (including phenoxy) is 1. The molecule has 1 rings (SSSR count). The topological polar surface area (TPSA) is 113 Å². The van der Waals surface area contributed by atoms with E-state index in [4.69, 9.17) is 33.0 Å². The average molecular weight is 413 g/mol. The van der Waals surface area contributed by atoms with Gasteiger partial charge in [-0.1, -0.05) is 23.2 Å². The minimum atomic E-state index is -4.12. The Bertz CT molecular complexity index is 754. The predicted octanol–water partition coefficient (Wildman–Crippen LogP) is 1.14. The fourth-order valence-electron chi connectivity index (χ4n) is 1.84. The minimum absolute atomic E-state index is 0.0373. The fraction of sp³-hybridized carbons (Fsp3) is 0.429. The SMILES string of the molecule is COCCN(CC(=O)NCC(=O)O)S(=O)(=O)c1ccc(Cl)c(C)c1Cl. The number of methoxy groups -OCH3 is 1. The summed E-state index contributed by atoms with van der Waals surface area (Å²) in [7, 11) is -2.74. The van der Waals surface area contributed by atoms with Crippen molar-refractivity contribution in [2.45, 2.75) is 11.8 Å². The van der Waals surface area contributed by atoms with E-state index in [0.29, 0.717) is 10.6 Å². The van der Waals surface area contributed by atoms with Gasteiger partial charge in [0.05, 0.1) is 18.2 Å². The predicted molar refractivity (Wildman–Crippen MR) is 92.5 cm³/mol. The largest absolute Gasteiger partial charge is 0.480 e. The lowest BCUT2D eigenvalue weighted by atomic mass is 10.2. The molecule has 11 heteroatoms. The van der Waals surface area contributed by atoms with Crippen LogP contribution in [0.3, 0.4) is 0 Å². The zero-order chi connectivity index (χ0) is 19.2. The van der Waals surface area contributed by atoms with Crippen molar-refractivity contribution in [3.05, 3.63) is 27.7 Å². The lowest BCUT2D eigenvalue weighted by molar-refractivity contribution is -0.137. The summed E-state index contributed by atoms with van der Waals surface area (Å²) < 4.78 is 31.4. The smallest absolute Gasteiger partial charge is 0.322 e. The van der Waals surface area contributed by atoms with E-state index in [-0.39, 0.29) is 23.1 Å². The first-order valence-electron chi connectivity index (χ1n) is 7.03. The van der Waals surface area contributed by atoms with E-state index in [2.05, 4.69) is 5.32 Å². The molecule has 2 N–H and O–H groups in total. The number of carboxylic acid groups (broad SMARTS) is 1. The summed E-state index contributed by atoms with van der Waals surface area (Å²) in [6.07, 6.45) is 0. The number of aliphatic carboxylic acids is 1. The third-order valence-corrected chi connectivity index (χ3v) is 6.10. The molecule has 0 atom stereocenters. The number of benzene rings is 1. The van der Waals surface area contributed by atoms with Crippen molar-refractivity contribution in [3.63, 3.8) is 0 Å². The van der Waals surface area contributed by atoms with Gasteiger partial charge in [-0.05, 0) is 24.6 Å². The molecule has 25 heavy (non-hydrogen) atoms. The van der Waals surface area contributed by atoms with Crippen LogP contribution in [-0.4, -0.2) is 63.1 Å². The number of sulfonamides is 1. The fourth-order valence-corrected chi connectivity index (χ4v) is 4.01. The third-order valence-electron chi connectivity index (χ3n) is 3.20. The van der Waals surface area contributed by atoms with Gasteiger partial charge in [0.1, 0.15) is 11.4 Å². The van der Waals surface area contributed by atoms with Crippen molar-refractivity contribution in [2.75, 3.05) is 33.4 Å². The Morgan fingerprint density at radius 1 is 1.32 bits per heavy atom. The molecule has 1 aromatic rings. The maximum atomic E-state index is 12.8. The van der Waals surface area contributed by atoms with E-state index in [9.17, 15) is 18.0 Å². The molecule has 0 saturated heterocycles. The van der Waals surface area contributed by atoms with Crippen LogP contribution < -0.4 is 5.32 Å². The van der Waals surface area contributed by atoms with Crippen molar-refractivity contribution >= 4 is 45.1 Å². The van der Waals surface area contributed by atoms with Gasteiger partial charge in [0, 0.05) is 18.7 Å². The molecule has 0 radical (unpaired) electrons. The molecule has 0 bridgehead atoms.